The summed E-state index contributed by atoms with van der Waals surface area (Å²) >= 11 is 1.59. The van der Waals surface area contributed by atoms with Crippen molar-refractivity contribution < 1.29 is 9.13 Å². The molecule has 3 aromatic rings. The summed E-state index contributed by atoms with van der Waals surface area (Å²) in [5.41, 5.74) is 1.86. The van der Waals surface area contributed by atoms with Gasteiger partial charge in [0.05, 0.1) is 16.8 Å². The number of hydrogen-bond acceptors (Lipinski definition) is 5. The normalized spacial score (nSPS) is 11.0. The Hall–Kier alpha value is -2.05. The highest BCUT2D eigenvalue weighted by atomic mass is 32.1. The van der Waals surface area contributed by atoms with Gasteiger partial charge < -0.3 is 10.1 Å². The predicted molar refractivity (Wildman–Crippen MR) is 83.2 cm³/mol. The maximum Gasteiger partial charge on any atom is 0.147 e. The highest BCUT2D eigenvalue weighted by molar-refractivity contribution is 7.22. The van der Waals surface area contributed by atoms with E-state index in [0.717, 1.165) is 26.5 Å². The van der Waals surface area contributed by atoms with Crippen LogP contribution >= 0.6 is 11.3 Å². The van der Waals surface area contributed by atoms with Gasteiger partial charge in [0.25, 0.3) is 0 Å². The van der Waals surface area contributed by atoms with Crippen molar-refractivity contribution in [2.45, 2.75) is 0 Å². The molecule has 1 N–H and O–H groups in total. The Morgan fingerprint density at radius 1 is 1.24 bits per heavy atom. The molecule has 4 nitrogen and oxygen atoms in total. The second kappa shape index (κ2) is 6.15. The van der Waals surface area contributed by atoms with Crippen LogP contribution in [-0.2, 0) is 4.74 Å². The van der Waals surface area contributed by atoms with Gasteiger partial charge in [-0.3, -0.25) is 0 Å². The van der Waals surface area contributed by atoms with Crippen molar-refractivity contribution in [1.29, 1.82) is 0 Å². The zero-order chi connectivity index (χ0) is 14.7. The average molecular weight is 303 g/mol. The molecule has 0 aliphatic carbocycles. The van der Waals surface area contributed by atoms with Crippen molar-refractivity contribution in [2.75, 3.05) is 25.6 Å². The Balaban J connectivity index is 1.95. The van der Waals surface area contributed by atoms with Gasteiger partial charge in [-0.05, 0) is 23.8 Å². The number of fused-ring (bicyclic) bond motifs is 1. The smallest absolute Gasteiger partial charge is 0.147 e. The molecule has 2 aromatic heterocycles. The molecular formula is C15H14FN3OS. The molecule has 0 saturated heterocycles. The van der Waals surface area contributed by atoms with Gasteiger partial charge in [-0.25, -0.2) is 14.4 Å². The topological polar surface area (TPSA) is 47.0 Å². The zero-order valence-electron chi connectivity index (χ0n) is 11.5. The first-order valence-electron chi connectivity index (χ1n) is 6.51. The molecule has 0 spiro atoms. The number of anilines is 1. The van der Waals surface area contributed by atoms with Gasteiger partial charge in [-0.2, -0.15) is 0 Å². The monoisotopic (exact) mass is 303 g/mol. The minimum absolute atomic E-state index is 0.235. The van der Waals surface area contributed by atoms with Crippen molar-refractivity contribution in [3.63, 3.8) is 0 Å². The summed E-state index contributed by atoms with van der Waals surface area (Å²) in [7, 11) is 1.66. The summed E-state index contributed by atoms with van der Waals surface area (Å²) in [6.07, 6.45) is 1.54. The number of hydrogen-bond donors (Lipinski definition) is 1. The second-order valence-electron chi connectivity index (χ2n) is 4.47. The maximum atomic E-state index is 13.0. The van der Waals surface area contributed by atoms with Crippen LogP contribution in [0.15, 0.2) is 36.7 Å². The lowest BCUT2D eigenvalue weighted by molar-refractivity contribution is 0.210. The van der Waals surface area contributed by atoms with Crippen molar-refractivity contribution >= 4 is 27.4 Å². The molecule has 0 amide bonds. The molecule has 0 atom stereocenters. The number of thiophene rings is 1. The Morgan fingerprint density at radius 2 is 2.05 bits per heavy atom. The van der Waals surface area contributed by atoms with Gasteiger partial charge in [0.15, 0.2) is 0 Å². The summed E-state index contributed by atoms with van der Waals surface area (Å²) in [6.45, 7) is 1.30. The fourth-order valence-corrected chi connectivity index (χ4v) is 3.09. The highest BCUT2D eigenvalue weighted by Gasteiger charge is 2.10. The maximum absolute atomic E-state index is 13.0. The number of ether oxygens (including phenoxy) is 1. The predicted octanol–water partition coefficient (Wildman–Crippen LogP) is 3.56. The molecular weight excluding hydrogens is 289 g/mol. The molecule has 21 heavy (non-hydrogen) atoms. The molecule has 108 valence electrons. The van der Waals surface area contributed by atoms with Crippen LogP contribution in [0.2, 0.25) is 0 Å². The number of aromatic nitrogens is 2. The van der Waals surface area contributed by atoms with Crippen molar-refractivity contribution in [3.05, 3.63) is 42.5 Å². The van der Waals surface area contributed by atoms with Gasteiger partial charge >= 0.3 is 0 Å². The Bertz CT molecular complexity index is 742. The quantitative estimate of drug-likeness (QED) is 0.732. The zero-order valence-corrected chi connectivity index (χ0v) is 12.3. The van der Waals surface area contributed by atoms with Crippen molar-refractivity contribution in [1.82, 2.24) is 9.97 Å². The molecule has 0 unspecified atom stereocenters. The second-order valence-corrected chi connectivity index (χ2v) is 5.53. The van der Waals surface area contributed by atoms with Crippen LogP contribution in [0, 0.1) is 5.82 Å². The summed E-state index contributed by atoms with van der Waals surface area (Å²) < 4.78 is 19.0. The van der Waals surface area contributed by atoms with E-state index in [-0.39, 0.29) is 5.82 Å². The molecule has 6 heteroatoms. The molecule has 0 radical (unpaired) electrons. The molecule has 0 saturated carbocycles. The number of nitrogens with zero attached hydrogens (tertiary/aromatic N) is 2. The van der Waals surface area contributed by atoms with Crippen LogP contribution in [-0.4, -0.2) is 30.2 Å². The van der Waals surface area contributed by atoms with E-state index in [4.69, 9.17) is 4.74 Å². The van der Waals surface area contributed by atoms with Gasteiger partial charge in [0.2, 0.25) is 0 Å². The number of rotatable bonds is 5. The van der Waals surface area contributed by atoms with Gasteiger partial charge in [0, 0.05) is 18.5 Å². The van der Waals surface area contributed by atoms with Crippen molar-refractivity contribution in [2.24, 2.45) is 0 Å². The van der Waals surface area contributed by atoms with E-state index in [1.54, 1.807) is 36.9 Å². The number of benzene rings is 1. The van der Waals surface area contributed by atoms with Crippen LogP contribution < -0.4 is 5.32 Å². The Morgan fingerprint density at radius 3 is 2.81 bits per heavy atom. The van der Waals surface area contributed by atoms with E-state index in [1.165, 1.54) is 12.1 Å². The van der Waals surface area contributed by atoms with Crippen LogP contribution in [0.4, 0.5) is 10.2 Å². The molecule has 0 aliphatic rings. The largest absolute Gasteiger partial charge is 0.383 e. The van der Waals surface area contributed by atoms with Gasteiger partial charge in [-0.15, -0.1) is 11.3 Å². The Labute approximate surface area is 125 Å². The van der Waals surface area contributed by atoms with Crippen molar-refractivity contribution in [3.8, 4) is 10.4 Å². The lowest BCUT2D eigenvalue weighted by Gasteiger charge is -2.04. The summed E-state index contributed by atoms with van der Waals surface area (Å²) in [6, 6.07) is 8.46. The van der Waals surface area contributed by atoms with E-state index in [9.17, 15) is 4.39 Å². The van der Waals surface area contributed by atoms with Crippen LogP contribution in [0.1, 0.15) is 0 Å². The molecule has 0 aliphatic heterocycles. The number of halogens is 1. The summed E-state index contributed by atoms with van der Waals surface area (Å²) in [5.74, 6) is 0.567. The fourth-order valence-electron chi connectivity index (χ4n) is 2.01. The average Bonchev–Trinajstić information content (AvgIpc) is 2.93. The van der Waals surface area contributed by atoms with Crippen LogP contribution in [0.3, 0.4) is 0 Å². The third-order valence-electron chi connectivity index (χ3n) is 3.04. The van der Waals surface area contributed by atoms with E-state index in [1.807, 2.05) is 6.07 Å². The van der Waals surface area contributed by atoms with E-state index < -0.39 is 0 Å². The first-order chi connectivity index (χ1) is 10.3. The Kier molecular flexibility index (Phi) is 4.08. The number of methoxy groups -OCH3 is 1. The lowest BCUT2D eigenvalue weighted by atomic mass is 10.2. The van der Waals surface area contributed by atoms with E-state index in [2.05, 4.69) is 15.3 Å². The highest BCUT2D eigenvalue weighted by Crippen LogP contribution is 2.35. The van der Waals surface area contributed by atoms with Gasteiger partial charge in [0.1, 0.15) is 18.0 Å². The summed E-state index contributed by atoms with van der Waals surface area (Å²) in [4.78, 5) is 9.60. The molecule has 2 heterocycles. The van der Waals surface area contributed by atoms with Crippen LogP contribution in [0.25, 0.3) is 20.7 Å². The third kappa shape index (κ3) is 3.01. The standard InChI is InChI=1S/C15H14FN3OS/c1-20-7-6-17-15-14-12(18-9-19-15)8-13(21-14)10-2-4-11(16)5-3-10/h2-5,8-9H,6-7H2,1H3,(H,17,18,19). The fraction of sp³-hybridized carbons (Fsp3) is 0.200. The van der Waals surface area contributed by atoms with E-state index in [0.29, 0.717) is 13.2 Å². The summed E-state index contributed by atoms with van der Waals surface area (Å²) in [5, 5.41) is 3.24. The minimum atomic E-state index is -0.235. The molecule has 0 bridgehead atoms. The number of nitrogens with one attached hydrogen (secondary N) is 1. The molecule has 0 fully saturated rings. The first kappa shape index (κ1) is 13.9. The van der Waals surface area contributed by atoms with Crippen LogP contribution in [0.5, 0.6) is 0 Å². The van der Waals surface area contributed by atoms with E-state index >= 15 is 0 Å². The SMILES string of the molecule is COCCNc1ncnc2cc(-c3ccc(F)cc3)sc12. The molecule has 1 aromatic carbocycles. The lowest BCUT2D eigenvalue weighted by Crippen LogP contribution is -2.08. The molecule has 3 rings (SSSR count). The minimum Gasteiger partial charge on any atom is -0.383 e. The first-order valence-corrected chi connectivity index (χ1v) is 7.33. The van der Waals surface area contributed by atoms with Gasteiger partial charge in [-0.1, -0.05) is 12.1 Å². The third-order valence-corrected chi connectivity index (χ3v) is 4.22.